The Bertz CT molecular complexity index is 901. The monoisotopic (exact) mass is 388 g/mol. The van der Waals surface area contributed by atoms with E-state index in [1.54, 1.807) is 0 Å². The Kier molecular flexibility index (Phi) is 5.12. The molecule has 0 atom stereocenters. The van der Waals surface area contributed by atoms with Gasteiger partial charge in [-0.2, -0.15) is 0 Å². The normalized spacial score (nSPS) is 11.9. The molecule has 10 heteroatoms. The summed E-state index contributed by atoms with van der Waals surface area (Å²) in [4.78, 5) is 46.1. The Hall–Kier alpha value is -4.08. The van der Waals surface area contributed by atoms with Gasteiger partial charge in [-0.3, -0.25) is 19.2 Å². The van der Waals surface area contributed by atoms with E-state index in [-0.39, 0.29) is 46.7 Å². The lowest BCUT2D eigenvalue weighted by atomic mass is 9.83. The van der Waals surface area contributed by atoms with Gasteiger partial charge in [-0.25, -0.2) is 0 Å². The standard InChI is InChI=1S/C18H12O10/c19-5-25-7-27-15-3-11-12(4-16(15)28-8-26-6-20)18(24)10-2-14(22)13(21)1-9(10)17(11)23/h1-6,21-22H,7-8H2. The number of hydrogen-bond donors (Lipinski definition) is 2. The van der Waals surface area contributed by atoms with E-state index in [0.717, 1.165) is 12.1 Å². The van der Waals surface area contributed by atoms with Gasteiger partial charge in [0, 0.05) is 22.3 Å². The van der Waals surface area contributed by atoms with Crippen molar-refractivity contribution in [3.8, 4) is 23.0 Å². The molecule has 3 rings (SSSR count). The van der Waals surface area contributed by atoms with Crippen molar-refractivity contribution in [2.75, 3.05) is 13.6 Å². The number of phenolic OH excluding ortho intramolecular Hbond substituents is 2. The van der Waals surface area contributed by atoms with E-state index in [1.807, 2.05) is 0 Å². The lowest BCUT2D eigenvalue weighted by Crippen LogP contribution is -2.21. The summed E-state index contributed by atoms with van der Waals surface area (Å²) >= 11 is 0. The van der Waals surface area contributed by atoms with Gasteiger partial charge in [0.1, 0.15) is 0 Å². The topological polar surface area (TPSA) is 146 Å². The van der Waals surface area contributed by atoms with Crippen LogP contribution in [-0.2, 0) is 19.1 Å². The first-order valence-electron chi connectivity index (χ1n) is 7.67. The van der Waals surface area contributed by atoms with Crippen LogP contribution in [-0.4, -0.2) is 48.3 Å². The second-order valence-corrected chi connectivity index (χ2v) is 5.44. The molecule has 0 bridgehead atoms. The van der Waals surface area contributed by atoms with Gasteiger partial charge in [0.25, 0.3) is 12.9 Å². The van der Waals surface area contributed by atoms with Crippen molar-refractivity contribution in [3.63, 3.8) is 0 Å². The third-order valence-corrected chi connectivity index (χ3v) is 3.88. The van der Waals surface area contributed by atoms with E-state index in [1.165, 1.54) is 12.1 Å². The lowest BCUT2D eigenvalue weighted by molar-refractivity contribution is -0.136. The number of carbonyl (C=O) groups is 4. The van der Waals surface area contributed by atoms with Crippen molar-refractivity contribution >= 4 is 24.5 Å². The van der Waals surface area contributed by atoms with Crippen LogP contribution in [0.15, 0.2) is 24.3 Å². The largest absolute Gasteiger partial charge is 0.504 e. The van der Waals surface area contributed by atoms with Crippen LogP contribution in [0, 0.1) is 0 Å². The Morgan fingerprint density at radius 1 is 0.679 bits per heavy atom. The van der Waals surface area contributed by atoms with Crippen molar-refractivity contribution < 1.29 is 48.3 Å². The lowest BCUT2D eigenvalue weighted by Gasteiger charge is -2.20. The van der Waals surface area contributed by atoms with E-state index >= 15 is 0 Å². The first-order valence-corrected chi connectivity index (χ1v) is 7.67. The van der Waals surface area contributed by atoms with Crippen LogP contribution in [0.1, 0.15) is 31.8 Å². The molecule has 0 heterocycles. The van der Waals surface area contributed by atoms with Gasteiger partial charge in [-0.1, -0.05) is 0 Å². The van der Waals surface area contributed by atoms with Crippen LogP contribution in [0.3, 0.4) is 0 Å². The second-order valence-electron chi connectivity index (χ2n) is 5.44. The van der Waals surface area contributed by atoms with Gasteiger partial charge in [-0.05, 0) is 24.3 Å². The quantitative estimate of drug-likeness (QED) is 0.247. The maximum Gasteiger partial charge on any atom is 0.295 e. The molecule has 144 valence electrons. The average molecular weight is 388 g/mol. The number of phenols is 2. The van der Waals surface area contributed by atoms with Gasteiger partial charge in [0.05, 0.1) is 0 Å². The van der Waals surface area contributed by atoms with E-state index in [9.17, 15) is 29.4 Å². The number of ether oxygens (including phenoxy) is 4. The summed E-state index contributed by atoms with van der Waals surface area (Å²) in [5, 5.41) is 19.3. The minimum absolute atomic E-state index is 0.0488. The highest BCUT2D eigenvalue weighted by atomic mass is 16.7. The number of fused-ring (bicyclic) bond motifs is 2. The predicted molar refractivity (Wildman–Crippen MR) is 88.4 cm³/mol. The van der Waals surface area contributed by atoms with Crippen LogP contribution in [0.5, 0.6) is 23.0 Å². The number of hydrogen-bond acceptors (Lipinski definition) is 10. The number of rotatable bonds is 8. The number of aromatic hydroxyl groups is 2. The molecule has 0 spiro atoms. The zero-order chi connectivity index (χ0) is 20.3. The van der Waals surface area contributed by atoms with Crippen molar-refractivity contribution in [2.24, 2.45) is 0 Å². The first kappa shape index (κ1) is 18.7. The average Bonchev–Trinajstić information content (AvgIpc) is 2.68. The van der Waals surface area contributed by atoms with Crippen LogP contribution < -0.4 is 9.47 Å². The third-order valence-electron chi connectivity index (χ3n) is 3.88. The summed E-state index contributed by atoms with van der Waals surface area (Å²) in [6.45, 7) is -0.704. The molecule has 0 unspecified atom stereocenters. The summed E-state index contributed by atoms with van der Waals surface area (Å²) in [7, 11) is 0. The number of carbonyl (C=O) groups excluding carboxylic acids is 4. The van der Waals surface area contributed by atoms with Gasteiger partial charge >= 0.3 is 0 Å². The SMILES string of the molecule is O=COCOc1cc2c(cc1OCOC=O)C(=O)c1cc(O)c(O)cc1C2=O. The number of ketones is 2. The molecule has 2 N–H and O–H groups in total. The van der Waals surface area contributed by atoms with Gasteiger partial charge in [-0.15, -0.1) is 0 Å². The zero-order valence-electron chi connectivity index (χ0n) is 14.0. The highest BCUT2D eigenvalue weighted by molar-refractivity contribution is 6.29. The summed E-state index contributed by atoms with van der Waals surface area (Å²) < 4.78 is 19.3. The maximum absolute atomic E-state index is 12.8. The van der Waals surface area contributed by atoms with E-state index in [2.05, 4.69) is 9.47 Å². The Morgan fingerprint density at radius 3 is 1.39 bits per heavy atom. The summed E-state index contributed by atoms with van der Waals surface area (Å²) in [6.07, 6.45) is 0. The van der Waals surface area contributed by atoms with Crippen LogP contribution >= 0.6 is 0 Å². The van der Waals surface area contributed by atoms with Crippen molar-refractivity contribution in [1.29, 1.82) is 0 Å². The van der Waals surface area contributed by atoms with E-state index in [4.69, 9.17) is 9.47 Å². The van der Waals surface area contributed by atoms with Crippen LogP contribution in [0.2, 0.25) is 0 Å². The predicted octanol–water partition coefficient (Wildman–Crippen LogP) is 0.892. The highest BCUT2D eigenvalue weighted by Crippen LogP contribution is 2.39. The molecular formula is C18H12O10. The van der Waals surface area contributed by atoms with Crippen LogP contribution in [0.25, 0.3) is 0 Å². The maximum atomic E-state index is 12.8. The molecule has 0 aromatic heterocycles. The fraction of sp³-hybridized carbons (Fsp3) is 0.111. The van der Waals surface area contributed by atoms with E-state index < -0.39 is 36.7 Å². The van der Waals surface area contributed by atoms with E-state index in [0.29, 0.717) is 0 Å². The molecular weight excluding hydrogens is 376 g/mol. The second kappa shape index (κ2) is 7.66. The molecule has 2 aromatic carbocycles. The molecule has 0 aliphatic heterocycles. The molecule has 10 nitrogen and oxygen atoms in total. The first-order chi connectivity index (χ1) is 13.5. The van der Waals surface area contributed by atoms with Crippen LogP contribution in [0.4, 0.5) is 0 Å². The third kappa shape index (κ3) is 3.30. The fourth-order valence-electron chi connectivity index (χ4n) is 2.65. The molecule has 1 aliphatic rings. The molecule has 0 radical (unpaired) electrons. The minimum atomic E-state index is -0.600. The molecule has 2 aromatic rings. The van der Waals surface area contributed by atoms with Gasteiger partial charge < -0.3 is 29.2 Å². The zero-order valence-corrected chi connectivity index (χ0v) is 14.0. The molecule has 0 fully saturated rings. The Labute approximate surface area is 156 Å². The molecule has 1 aliphatic carbocycles. The van der Waals surface area contributed by atoms with Crippen molar-refractivity contribution in [2.45, 2.75) is 0 Å². The molecule has 0 saturated heterocycles. The molecule has 28 heavy (non-hydrogen) atoms. The summed E-state index contributed by atoms with van der Waals surface area (Å²) in [6, 6.07) is 4.39. The van der Waals surface area contributed by atoms with Crippen molar-refractivity contribution in [3.05, 3.63) is 46.5 Å². The Balaban J connectivity index is 2.07. The summed E-state index contributed by atoms with van der Waals surface area (Å²) in [5.74, 6) is -2.41. The summed E-state index contributed by atoms with van der Waals surface area (Å²) in [5.41, 5.74) is -0.290. The molecule has 0 saturated carbocycles. The molecule has 0 amide bonds. The van der Waals surface area contributed by atoms with Gasteiger partial charge in [0.2, 0.25) is 13.6 Å². The Morgan fingerprint density at radius 2 is 1.04 bits per heavy atom. The highest BCUT2D eigenvalue weighted by Gasteiger charge is 2.33. The van der Waals surface area contributed by atoms with Crippen molar-refractivity contribution in [1.82, 2.24) is 0 Å². The minimum Gasteiger partial charge on any atom is -0.504 e. The smallest absolute Gasteiger partial charge is 0.295 e. The van der Waals surface area contributed by atoms with Gasteiger partial charge in [0.15, 0.2) is 34.6 Å². The number of benzene rings is 2. The fourth-order valence-corrected chi connectivity index (χ4v) is 2.65.